The average molecular weight is 494 g/mol. The number of amides is 1. The molecular weight excluding hydrogens is 470 g/mol. The summed E-state index contributed by atoms with van der Waals surface area (Å²) in [6.07, 6.45) is 5.35. The van der Waals surface area contributed by atoms with Crippen molar-refractivity contribution in [3.63, 3.8) is 0 Å². The van der Waals surface area contributed by atoms with Crippen LogP contribution in [0.25, 0.3) is 0 Å². The van der Waals surface area contributed by atoms with Crippen molar-refractivity contribution in [1.82, 2.24) is 9.58 Å². The van der Waals surface area contributed by atoms with Crippen LogP contribution in [0.2, 0.25) is 0 Å². The molecule has 1 aromatic heterocycles. The van der Waals surface area contributed by atoms with Crippen LogP contribution in [0.3, 0.4) is 0 Å². The highest BCUT2D eigenvalue weighted by atomic mass is 32.2. The molecule has 2 bridgehead atoms. The minimum absolute atomic E-state index is 0. The first-order valence-corrected chi connectivity index (χ1v) is 11.7. The molecule has 3 aromatic rings. The molecule has 0 saturated carbocycles. The Bertz CT molecular complexity index is 1370. The van der Waals surface area contributed by atoms with Crippen molar-refractivity contribution in [3.05, 3.63) is 99.5 Å². The zero-order chi connectivity index (χ0) is 22.5. The first-order chi connectivity index (χ1) is 16.1. The predicted molar refractivity (Wildman–Crippen MR) is 136 cm³/mol. The van der Waals surface area contributed by atoms with Crippen LogP contribution in [0.5, 0.6) is 11.5 Å². The third-order valence-corrected chi connectivity index (χ3v) is 7.43. The van der Waals surface area contributed by atoms with Gasteiger partial charge in [-0.15, -0.1) is 11.8 Å². The number of thioether (sulfide) groups is 1. The molecule has 1 atom stereocenters. The van der Waals surface area contributed by atoms with Crippen molar-refractivity contribution in [3.8, 4) is 11.5 Å². The largest absolute Gasteiger partial charge is 0.502 e. The summed E-state index contributed by atoms with van der Waals surface area (Å²) in [6, 6.07) is 15.3. The minimum atomic E-state index is -0.572. The number of hydrogen-bond donors (Lipinski definition) is 1. The van der Waals surface area contributed by atoms with Gasteiger partial charge >= 0.3 is 0 Å². The van der Waals surface area contributed by atoms with E-state index in [4.69, 9.17) is 4.74 Å². The minimum Gasteiger partial charge on any atom is -0.502 e. The first kappa shape index (κ1) is 22.5. The van der Waals surface area contributed by atoms with E-state index < -0.39 is 11.2 Å². The summed E-state index contributed by atoms with van der Waals surface area (Å²) in [6.45, 7) is 1.01. The molecule has 0 unspecified atom stereocenters. The van der Waals surface area contributed by atoms with Gasteiger partial charge in [0, 0.05) is 35.0 Å². The molecule has 2 aromatic carbocycles. The van der Waals surface area contributed by atoms with E-state index in [2.05, 4.69) is 18.2 Å². The Kier molecular flexibility index (Phi) is 5.83. The Morgan fingerprint density at radius 2 is 1.88 bits per heavy atom. The van der Waals surface area contributed by atoms with E-state index >= 15 is 0 Å². The fourth-order valence-electron chi connectivity index (χ4n) is 4.75. The third kappa shape index (κ3) is 3.47. The standard InChI is InChI=1S/C25H21N3O4S.H2S/c29-18-10-12-27-23(24(18)30)25(31)26-11-3-4-13-32-19-8-5-6-16-14-33-20-9-2-1-7-17(20)22(21(16)19)28(27)15-26;/h1-10,12,22,30H,11,13-15H2;1H2/b4-3-;/t22-;/m1./s1. The maximum absolute atomic E-state index is 13.3. The van der Waals surface area contributed by atoms with Gasteiger partial charge in [0.2, 0.25) is 5.43 Å². The van der Waals surface area contributed by atoms with Gasteiger partial charge in [-0.05, 0) is 29.3 Å². The Balaban J connectivity index is 0.00000241. The van der Waals surface area contributed by atoms with Crippen molar-refractivity contribution in [2.75, 3.05) is 24.8 Å². The molecule has 174 valence electrons. The van der Waals surface area contributed by atoms with E-state index in [0.29, 0.717) is 13.2 Å². The molecule has 0 aliphatic carbocycles. The Morgan fingerprint density at radius 1 is 1.03 bits per heavy atom. The molecule has 0 saturated heterocycles. The lowest BCUT2D eigenvalue weighted by molar-refractivity contribution is 0.0701. The Labute approximate surface area is 207 Å². The van der Waals surface area contributed by atoms with Gasteiger partial charge in [-0.1, -0.05) is 36.4 Å². The zero-order valence-corrected chi connectivity index (χ0v) is 20.0. The number of pyridine rings is 1. The van der Waals surface area contributed by atoms with Crippen LogP contribution in [-0.4, -0.2) is 40.4 Å². The van der Waals surface area contributed by atoms with E-state index in [1.807, 2.05) is 41.4 Å². The van der Waals surface area contributed by atoms with Gasteiger partial charge in [0.05, 0.1) is 0 Å². The van der Waals surface area contributed by atoms with Crippen molar-refractivity contribution < 1.29 is 14.6 Å². The molecular formula is C25H23N3O4S2. The van der Waals surface area contributed by atoms with E-state index in [-0.39, 0.29) is 37.8 Å². The number of aromatic nitrogens is 1. The molecule has 4 heterocycles. The van der Waals surface area contributed by atoms with Crippen LogP contribution in [0, 0.1) is 0 Å². The number of carbonyl (C=O) groups excluding carboxylic acids is 1. The second-order valence-electron chi connectivity index (χ2n) is 8.17. The van der Waals surface area contributed by atoms with Crippen LogP contribution < -0.4 is 15.2 Å². The number of fused-ring (bicyclic) bond motifs is 7. The quantitative estimate of drug-likeness (QED) is 0.484. The smallest absolute Gasteiger partial charge is 0.278 e. The normalized spacial score (nSPS) is 19.3. The molecule has 34 heavy (non-hydrogen) atoms. The van der Waals surface area contributed by atoms with Gasteiger partial charge in [-0.3, -0.25) is 19.3 Å². The van der Waals surface area contributed by atoms with E-state index in [9.17, 15) is 14.7 Å². The second-order valence-corrected chi connectivity index (χ2v) is 9.19. The molecule has 3 aliphatic heterocycles. The maximum atomic E-state index is 13.3. The highest BCUT2D eigenvalue weighted by Gasteiger charge is 2.39. The number of benzene rings is 2. The summed E-state index contributed by atoms with van der Waals surface area (Å²) in [5.74, 6) is 0.666. The first-order valence-electron chi connectivity index (χ1n) is 10.8. The van der Waals surface area contributed by atoms with Crippen molar-refractivity contribution in [1.29, 1.82) is 0 Å². The molecule has 9 heteroatoms. The lowest BCUT2D eigenvalue weighted by Crippen LogP contribution is -2.55. The van der Waals surface area contributed by atoms with Gasteiger partial charge in [0.1, 0.15) is 25.1 Å². The topological polar surface area (TPSA) is 75.0 Å². The van der Waals surface area contributed by atoms with Crippen LogP contribution >= 0.6 is 25.3 Å². The number of nitrogens with zero attached hydrogens (tertiary/aromatic N) is 3. The summed E-state index contributed by atoms with van der Waals surface area (Å²) < 4.78 is 7.84. The van der Waals surface area contributed by atoms with Crippen LogP contribution in [-0.2, 0) is 5.75 Å². The van der Waals surface area contributed by atoms with Crippen molar-refractivity contribution in [2.45, 2.75) is 16.7 Å². The highest BCUT2D eigenvalue weighted by molar-refractivity contribution is 7.98. The number of aromatic hydroxyl groups is 1. The number of hydrogen-bond acceptors (Lipinski definition) is 6. The number of rotatable bonds is 0. The maximum Gasteiger partial charge on any atom is 0.278 e. The molecule has 6 rings (SSSR count). The van der Waals surface area contributed by atoms with Crippen LogP contribution in [0.15, 0.2) is 76.6 Å². The summed E-state index contributed by atoms with van der Waals surface area (Å²) in [7, 11) is 0. The predicted octanol–water partition coefficient (Wildman–Crippen LogP) is 3.36. The molecule has 0 spiro atoms. The van der Waals surface area contributed by atoms with Crippen molar-refractivity contribution >= 4 is 31.2 Å². The molecule has 0 radical (unpaired) electrons. The number of ether oxygens (including phenoxy) is 1. The summed E-state index contributed by atoms with van der Waals surface area (Å²) in [5, 5.41) is 12.7. The van der Waals surface area contributed by atoms with Gasteiger partial charge in [-0.2, -0.15) is 13.5 Å². The second kappa shape index (κ2) is 8.81. The summed E-state index contributed by atoms with van der Waals surface area (Å²) in [5.41, 5.74) is 2.68. The van der Waals surface area contributed by atoms with E-state index in [1.165, 1.54) is 6.07 Å². The molecule has 0 fully saturated rings. The third-order valence-electron chi connectivity index (χ3n) is 6.29. The molecule has 7 nitrogen and oxygen atoms in total. The average Bonchev–Trinajstić information content (AvgIpc) is 3.01. The lowest BCUT2D eigenvalue weighted by Gasteiger charge is -2.44. The summed E-state index contributed by atoms with van der Waals surface area (Å²) >= 11 is 1.77. The van der Waals surface area contributed by atoms with Gasteiger partial charge in [-0.25, -0.2) is 0 Å². The van der Waals surface area contributed by atoms with Crippen LogP contribution in [0.4, 0.5) is 0 Å². The number of carbonyl (C=O) groups is 1. The van der Waals surface area contributed by atoms with Gasteiger partial charge < -0.3 is 14.7 Å². The Morgan fingerprint density at radius 3 is 2.76 bits per heavy atom. The Hall–Kier alpha value is -3.30. The molecule has 3 aliphatic rings. The summed E-state index contributed by atoms with van der Waals surface area (Å²) in [4.78, 5) is 28.3. The van der Waals surface area contributed by atoms with E-state index in [0.717, 1.165) is 33.1 Å². The fraction of sp³-hybridized carbons (Fsp3) is 0.200. The zero-order valence-electron chi connectivity index (χ0n) is 18.2. The fourth-order valence-corrected chi connectivity index (χ4v) is 5.84. The van der Waals surface area contributed by atoms with Gasteiger partial charge in [0.15, 0.2) is 11.4 Å². The van der Waals surface area contributed by atoms with E-state index in [1.54, 1.807) is 27.5 Å². The SMILES string of the molecule is O=C1c2c(O)c(=O)ccn2N2CN1C/C=C\COc1cccc3c1[C@H]2c1ccccc1SC3.S. The monoisotopic (exact) mass is 493 g/mol. The molecule has 1 amide bonds. The molecule has 1 N–H and O–H groups in total. The lowest BCUT2D eigenvalue weighted by atomic mass is 9.93. The van der Waals surface area contributed by atoms with Gasteiger partial charge in [0.25, 0.3) is 5.91 Å². The highest BCUT2D eigenvalue weighted by Crippen LogP contribution is 2.46. The van der Waals surface area contributed by atoms with Crippen LogP contribution in [0.1, 0.15) is 33.2 Å². The van der Waals surface area contributed by atoms with Crippen molar-refractivity contribution in [2.24, 2.45) is 0 Å².